The van der Waals surface area contributed by atoms with Crippen LogP contribution in [-0.4, -0.2) is 57.4 Å². The van der Waals surface area contributed by atoms with E-state index in [0.717, 1.165) is 26.1 Å². The van der Waals surface area contributed by atoms with Gasteiger partial charge < -0.3 is 4.90 Å². The third-order valence-corrected chi connectivity index (χ3v) is 7.02. The molecule has 0 bridgehead atoms. The normalized spacial score (nSPS) is 15.9. The lowest BCUT2D eigenvalue weighted by atomic mass is 10.1. The number of amides is 1. The Hall–Kier alpha value is -1.93. The average Bonchev–Trinajstić information content (AvgIpc) is 2.95. The summed E-state index contributed by atoms with van der Waals surface area (Å²) in [6.07, 6.45) is 0.851. The molecular weight excluding hydrogens is 410 g/mol. The Kier molecular flexibility index (Phi) is 6.95. The number of nitrogens with one attached hydrogen (secondary N) is 1. The maximum atomic E-state index is 13.1. The first-order chi connectivity index (χ1) is 13.8. The molecule has 2 aromatic rings. The Bertz CT molecular complexity index is 994. The monoisotopic (exact) mass is 435 g/mol. The molecular formula is C21H26ClN3O3S. The topological polar surface area (TPSA) is 69.7 Å². The van der Waals surface area contributed by atoms with Gasteiger partial charge in [0.2, 0.25) is 10.0 Å². The lowest BCUT2D eigenvalue weighted by molar-refractivity contribution is 0.0761. The molecule has 0 unspecified atom stereocenters. The fourth-order valence-electron chi connectivity index (χ4n) is 3.48. The van der Waals surface area contributed by atoms with Crippen LogP contribution in [0.5, 0.6) is 0 Å². The molecule has 6 nitrogen and oxygen atoms in total. The highest BCUT2D eigenvalue weighted by molar-refractivity contribution is 7.89. The summed E-state index contributed by atoms with van der Waals surface area (Å²) in [5.74, 6) is -0.235. The van der Waals surface area contributed by atoms with Crippen molar-refractivity contribution in [2.24, 2.45) is 0 Å². The Balaban J connectivity index is 1.73. The van der Waals surface area contributed by atoms with Gasteiger partial charge in [-0.05, 0) is 49.7 Å². The minimum Gasteiger partial charge on any atom is -0.337 e. The molecule has 0 atom stereocenters. The number of aryl methyl sites for hydroxylation is 1. The van der Waals surface area contributed by atoms with E-state index >= 15 is 0 Å². The highest BCUT2D eigenvalue weighted by Crippen LogP contribution is 2.23. The molecule has 156 valence electrons. The molecule has 2 aromatic carbocycles. The predicted octanol–water partition coefficient (Wildman–Crippen LogP) is 2.90. The van der Waals surface area contributed by atoms with Gasteiger partial charge in [-0.3, -0.25) is 9.69 Å². The van der Waals surface area contributed by atoms with Gasteiger partial charge in [0, 0.05) is 32.7 Å². The zero-order valence-corrected chi connectivity index (χ0v) is 18.3. The Morgan fingerprint density at radius 2 is 1.86 bits per heavy atom. The Morgan fingerprint density at radius 1 is 1.10 bits per heavy atom. The molecule has 1 fully saturated rings. The zero-order chi connectivity index (χ0) is 21.0. The van der Waals surface area contributed by atoms with E-state index in [2.05, 4.69) is 28.7 Å². The summed E-state index contributed by atoms with van der Waals surface area (Å²) in [4.78, 5) is 17.2. The van der Waals surface area contributed by atoms with Gasteiger partial charge in [0.15, 0.2) is 0 Å². The van der Waals surface area contributed by atoms with Crippen LogP contribution in [0, 0.1) is 6.92 Å². The van der Waals surface area contributed by atoms with E-state index in [4.69, 9.17) is 11.6 Å². The van der Waals surface area contributed by atoms with Gasteiger partial charge in [0.25, 0.3) is 5.91 Å². The maximum Gasteiger partial charge on any atom is 0.255 e. The van der Waals surface area contributed by atoms with Crippen LogP contribution in [-0.2, 0) is 16.6 Å². The van der Waals surface area contributed by atoms with Crippen molar-refractivity contribution in [2.75, 3.05) is 33.2 Å². The number of nitrogens with zero attached hydrogens (tertiary/aromatic N) is 2. The van der Waals surface area contributed by atoms with Gasteiger partial charge in [-0.15, -0.1) is 0 Å². The quantitative estimate of drug-likeness (QED) is 0.784. The van der Waals surface area contributed by atoms with Gasteiger partial charge in [-0.25, -0.2) is 13.1 Å². The van der Waals surface area contributed by atoms with Gasteiger partial charge in [0.05, 0.1) is 15.5 Å². The first-order valence-electron chi connectivity index (χ1n) is 9.61. The van der Waals surface area contributed by atoms with Crippen LogP contribution in [0.2, 0.25) is 5.02 Å². The first-order valence-corrected chi connectivity index (χ1v) is 11.5. The van der Waals surface area contributed by atoms with E-state index in [9.17, 15) is 13.2 Å². The molecule has 1 aliphatic heterocycles. The standard InChI is InChI=1S/C21H26ClN3O3S/c1-16-6-3-4-7-17(16)15-24-10-5-11-25(13-12-24)21(26)19-14-18(8-9-20(19)22)29(27,28)23-2/h3-4,6-9,14,23H,5,10-13,15H2,1-2H3. The van der Waals surface area contributed by atoms with Crippen molar-refractivity contribution in [1.82, 2.24) is 14.5 Å². The second-order valence-electron chi connectivity index (χ2n) is 7.20. The molecule has 1 amide bonds. The van der Waals surface area contributed by atoms with Gasteiger partial charge in [0.1, 0.15) is 0 Å². The molecule has 1 N–H and O–H groups in total. The molecule has 1 aliphatic rings. The maximum absolute atomic E-state index is 13.1. The van der Waals surface area contributed by atoms with Crippen molar-refractivity contribution in [2.45, 2.75) is 24.8 Å². The van der Waals surface area contributed by atoms with Crippen LogP contribution in [0.3, 0.4) is 0 Å². The van der Waals surface area contributed by atoms with Gasteiger partial charge in [-0.2, -0.15) is 0 Å². The van der Waals surface area contributed by atoms with Crippen LogP contribution in [0.4, 0.5) is 0 Å². The molecule has 0 spiro atoms. The van der Waals surface area contributed by atoms with E-state index < -0.39 is 10.0 Å². The van der Waals surface area contributed by atoms with E-state index in [1.165, 1.54) is 36.4 Å². The number of halogens is 1. The molecule has 0 radical (unpaired) electrons. The molecule has 0 aromatic heterocycles. The Labute approximate surface area is 177 Å². The van der Waals surface area contributed by atoms with Crippen LogP contribution in [0.1, 0.15) is 27.9 Å². The number of hydrogen-bond donors (Lipinski definition) is 1. The Morgan fingerprint density at radius 3 is 2.59 bits per heavy atom. The van der Waals surface area contributed by atoms with E-state index in [1.54, 1.807) is 4.90 Å². The highest BCUT2D eigenvalue weighted by Gasteiger charge is 2.24. The summed E-state index contributed by atoms with van der Waals surface area (Å²) in [7, 11) is -2.31. The fourth-order valence-corrected chi connectivity index (χ4v) is 4.44. The number of rotatable bonds is 5. The first kappa shape index (κ1) is 21.8. The van der Waals surface area contributed by atoms with Crippen molar-refractivity contribution in [3.05, 3.63) is 64.2 Å². The van der Waals surface area contributed by atoms with Gasteiger partial charge >= 0.3 is 0 Å². The van der Waals surface area contributed by atoms with Gasteiger partial charge in [-0.1, -0.05) is 35.9 Å². The van der Waals surface area contributed by atoms with Crippen molar-refractivity contribution < 1.29 is 13.2 Å². The second kappa shape index (κ2) is 9.26. The van der Waals surface area contributed by atoms with Crippen LogP contribution < -0.4 is 4.72 Å². The largest absolute Gasteiger partial charge is 0.337 e. The summed E-state index contributed by atoms with van der Waals surface area (Å²) in [6, 6.07) is 12.5. The van der Waals surface area contributed by atoms with Crippen molar-refractivity contribution in [1.29, 1.82) is 0 Å². The lowest BCUT2D eigenvalue weighted by Gasteiger charge is -2.23. The summed E-state index contributed by atoms with van der Waals surface area (Å²) in [5, 5.41) is 0.256. The third kappa shape index (κ3) is 5.17. The smallest absolute Gasteiger partial charge is 0.255 e. The minimum absolute atomic E-state index is 0.0313. The second-order valence-corrected chi connectivity index (χ2v) is 9.49. The number of carbonyl (C=O) groups is 1. The molecule has 1 saturated heterocycles. The van der Waals surface area contributed by atoms with Crippen LogP contribution in [0.15, 0.2) is 47.4 Å². The lowest BCUT2D eigenvalue weighted by Crippen LogP contribution is -2.35. The molecule has 29 heavy (non-hydrogen) atoms. The zero-order valence-electron chi connectivity index (χ0n) is 16.7. The molecule has 8 heteroatoms. The molecule has 1 heterocycles. The molecule has 0 saturated carbocycles. The number of carbonyl (C=O) groups excluding carboxylic acids is 1. The average molecular weight is 436 g/mol. The number of benzene rings is 2. The number of sulfonamides is 1. The summed E-state index contributed by atoms with van der Waals surface area (Å²) in [6.45, 7) is 5.81. The fraction of sp³-hybridized carbons (Fsp3) is 0.381. The number of hydrogen-bond acceptors (Lipinski definition) is 4. The third-order valence-electron chi connectivity index (χ3n) is 5.28. The van der Waals surface area contributed by atoms with Crippen LogP contribution in [0.25, 0.3) is 0 Å². The summed E-state index contributed by atoms with van der Waals surface area (Å²) in [5.41, 5.74) is 2.77. The highest BCUT2D eigenvalue weighted by atomic mass is 35.5. The SMILES string of the molecule is CNS(=O)(=O)c1ccc(Cl)c(C(=O)N2CCCN(Cc3ccccc3C)CC2)c1. The van der Waals surface area contributed by atoms with E-state index in [0.29, 0.717) is 13.1 Å². The van der Waals surface area contributed by atoms with E-state index in [-0.39, 0.29) is 21.4 Å². The van der Waals surface area contributed by atoms with Crippen molar-refractivity contribution in [3.8, 4) is 0 Å². The van der Waals surface area contributed by atoms with Crippen LogP contribution >= 0.6 is 11.6 Å². The minimum atomic E-state index is -3.64. The van der Waals surface area contributed by atoms with Crippen molar-refractivity contribution in [3.63, 3.8) is 0 Å². The predicted molar refractivity (Wildman–Crippen MR) is 115 cm³/mol. The van der Waals surface area contributed by atoms with E-state index in [1.807, 2.05) is 12.1 Å². The molecule has 3 rings (SSSR count). The summed E-state index contributed by atoms with van der Waals surface area (Å²) < 4.78 is 26.4. The summed E-state index contributed by atoms with van der Waals surface area (Å²) >= 11 is 6.22. The van der Waals surface area contributed by atoms with Crippen molar-refractivity contribution >= 4 is 27.5 Å². The molecule has 0 aliphatic carbocycles.